The standard InChI is InChI=1S/C29H29N3O/c1-20-28(25-13-7-8-14-26(25)30(20)2)27(33)19-31-15-17-32(18-16-31)29-23-11-5-3-9-21(23)22-10-4-6-12-24(22)29/h3-14,29H,15-19H2,1-2H3. The van der Waals surface area contributed by atoms with Crippen LogP contribution in [0, 0.1) is 6.92 Å². The molecule has 33 heavy (non-hydrogen) atoms. The number of carbonyl (C=O) groups is 1. The lowest BCUT2D eigenvalue weighted by Crippen LogP contribution is -2.48. The van der Waals surface area contributed by atoms with E-state index in [-0.39, 0.29) is 5.78 Å². The van der Waals surface area contributed by atoms with Crippen LogP contribution in [0.1, 0.15) is 33.2 Å². The van der Waals surface area contributed by atoms with Gasteiger partial charge in [-0.3, -0.25) is 14.6 Å². The number of aryl methyl sites for hydroxylation is 1. The molecule has 0 amide bonds. The van der Waals surface area contributed by atoms with Crippen molar-refractivity contribution < 1.29 is 4.79 Å². The Bertz CT molecular complexity index is 1320. The fraction of sp³-hybridized carbons (Fsp3) is 0.276. The van der Waals surface area contributed by atoms with E-state index in [4.69, 9.17) is 0 Å². The Labute approximate surface area is 195 Å². The van der Waals surface area contributed by atoms with E-state index in [2.05, 4.69) is 82.0 Å². The van der Waals surface area contributed by atoms with Crippen LogP contribution in [0.2, 0.25) is 0 Å². The topological polar surface area (TPSA) is 28.5 Å². The van der Waals surface area contributed by atoms with E-state index in [1.54, 1.807) is 0 Å². The second kappa shape index (κ2) is 7.98. The van der Waals surface area contributed by atoms with Crippen molar-refractivity contribution in [2.24, 2.45) is 7.05 Å². The van der Waals surface area contributed by atoms with Gasteiger partial charge in [0.25, 0.3) is 0 Å². The summed E-state index contributed by atoms with van der Waals surface area (Å²) in [7, 11) is 2.05. The molecular formula is C29H29N3O. The number of nitrogens with zero attached hydrogens (tertiary/aromatic N) is 3. The van der Waals surface area contributed by atoms with Gasteiger partial charge in [0.2, 0.25) is 0 Å². The third kappa shape index (κ3) is 3.25. The van der Waals surface area contributed by atoms with Crippen LogP contribution in [-0.2, 0) is 7.05 Å². The first kappa shape index (κ1) is 20.4. The predicted octanol–water partition coefficient (Wildman–Crippen LogP) is 5.06. The van der Waals surface area contributed by atoms with Crippen molar-refractivity contribution in [1.29, 1.82) is 0 Å². The summed E-state index contributed by atoms with van der Waals surface area (Å²) in [5.41, 5.74) is 8.61. The van der Waals surface area contributed by atoms with E-state index in [0.29, 0.717) is 12.6 Å². The Hall–Kier alpha value is -3.21. The van der Waals surface area contributed by atoms with Crippen molar-refractivity contribution in [3.63, 3.8) is 0 Å². The fourth-order valence-corrected chi connectivity index (χ4v) is 5.86. The molecule has 1 aromatic heterocycles. The lowest BCUT2D eigenvalue weighted by atomic mass is 10.0. The highest BCUT2D eigenvalue weighted by atomic mass is 16.1. The first-order valence-corrected chi connectivity index (χ1v) is 11.9. The van der Waals surface area contributed by atoms with Crippen molar-refractivity contribution in [3.05, 3.63) is 95.2 Å². The van der Waals surface area contributed by atoms with Crippen molar-refractivity contribution in [2.75, 3.05) is 32.7 Å². The maximum atomic E-state index is 13.4. The molecule has 2 heterocycles. The second-order valence-electron chi connectivity index (χ2n) is 9.35. The number of para-hydroxylation sites is 1. The lowest BCUT2D eigenvalue weighted by Gasteiger charge is -2.38. The molecule has 0 N–H and O–H groups in total. The third-order valence-corrected chi connectivity index (χ3v) is 7.62. The molecule has 6 rings (SSSR count). The molecule has 1 saturated heterocycles. The van der Waals surface area contributed by atoms with Gasteiger partial charge in [0.05, 0.1) is 12.6 Å². The van der Waals surface area contributed by atoms with Gasteiger partial charge in [0.15, 0.2) is 5.78 Å². The molecule has 3 aromatic carbocycles. The Balaban J connectivity index is 1.19. The van der Waals surface area contributed by atoms with Crippen LogP contribution in [0.3, 0.4) is 0 Å². The Kier molecular flexibility index (Phi) is 4.93. The average molecular weight is 436 g/mol. The minimum atomic E-state index is 0.231. The van der Waals surface area contributed by atoms with Gasteiger partial charge in [-0.15, -0.1) is 0 Å². The van der Waals surface area contributed by atoms with Crippen LogP contribution >= 0.6 is 0 Å². The Morgan fingerprint density at radius 2 is 1.39 bits per heavy atom. The molecule has 1 fully saturated rings. The van der Waals surface area contributed by atoms with Crippen molar-refractivity contribution in [2.45, 2.75) is 13.0 Å². The summed E-state index contributed by atoms with van der Waals surface area (Å²) in [6.45, 7) is 6.30. The molecule has 2 aliphatic rings. The summed E-state index contributed by atoms with van der Waals surface area (Å²) >= 11 is 0. The van der Waals surface area contributed by atoms with Crippen LogP contribution < -0.4 is 0 Å². The number of rotatable bonds is 4. The molecule has 0 radical (unpaired) electrons. The minimum Gasteiger partial charge on any atom is -0.347 e. The van der Waals surface area contributed by atoms with Crippen molar-refractivity contribution in [3.8, 4) is 11.1 Å². The van der Waals surface area contributed by atoms with E-state index < -0.39 is 0 Å². The smallest absolute Gasteiger partial charge is 0.179 e. The number of aromatic nitrogens is 1. The molecule has 0 atom stereocenters. The van der Waals surface area contributed by atoms with E-state index in [0.717, 1.165) is 48.3 Å². The van der Waals surface area contributed by atoms with E-state index in [1.807, 2.05) is 19.2 Å². The highest BCUT2D eigenvalue weighted by Crippen LogP contribution is 2.46. The number of ketones is 1. The largest absolute Gasteiger partial charge is 0.347 e. The summed E-state index contributed by atoms with van der Waals surface area (Å²) in [5.74, 6) is 0.231. The minimum absolute atomic E-state index is 0.231. The quantitative estimate of drug-likeness (QED) is 0.420. The Morgan fingerprint density at radius 3 is 2.06 bits per heavy atom. The molecule has 166 valence electrons. The van der Waals surface area contributed by atoms with Crippen molar-refractivity contribution in [1.82, 2.24) is 14.4 Å². The number of Topliss-reactive ketones (excluding diaryl/α,β-unsaturated/α-hetero) is 1. The number of benzene rings is 3. The van der Waals surface area contributed by atoms with E-state index in [1.165, 1.54) is 22.3 Å². The maximum absolute atomic E-state index is 13.4. The maximum Gasteiger partial charge on any atom is 0.179 e. The van der Waals surface area contributed by atoms with Crippen LogP contribution in [0.4, 0.5) is 0 Å². The lowest BCUT2D eigenvalue weighted by molar-refractivity contribution is 0.0812. The normalized spacial score (nSPS) is 16.8. The van der Waals surface area contributed by atoms with Gasteiger partial charge in [-0.2, -0.15) is 0 Å². The number of hydrogen-bond donors (Lipinski definition) is 0. The van der Waals surface area contributed by atoms with Crippen LogP contribution in [0.15, 0.2) is 72.8 Å². The zero-order valence-corrected chi connectivity index (χ0v) is 19.3. The van der Waals surface area contributed by atoms with Crippen LogP contribution in [0.5, 0.6) is 0 Å². The fourth-order valence-electron chi connectivity index (χ4n) is 5.86. The molecule has 0 unspecified atom stereocenters. The summed E-state index contributed by atoms with van der Waals surface area (Å²) in [4.78, 5) is 18.3. The number of carbonyl (C=O) groups excluding carboxylic acids is 1. The molecule has 1 aliphatic heterocycles. The number of piperazine rings is 1. The monoisotopic (exact) mass is 435 g/mol. The molecule has 0 spiro atoms. The van der Waals surface area contributed by atoms with Crippen LogP contribution in [-0.4, -0.2) is 52.9 Å². The van der Waals surface area contributed by atoms with E-state index in [9.17, 15) is 4.79 Å². The SMILES string of the molecule is Cc1c(C(=O)CN2CCN(C3c4ccccc4-c4ccccc43)CC2)c2ccccc2n1C. The first-order valence-electron chi connectivity index (χ1n) is 11.9. The summed E-state index contributed by atoms with van der Waals surface area (Å²) in [5, 5.41) is 1.07. The average Bonchev–Trinajstić information content (AvgIpc) is 3.32. The zero-order valence-electron chi connectivity index (χ0n) is 19.3. The third-order valence-electron chi connectivity index (χ3n) is 7.62. The molecule has 4 nitrogen and oxygen atoms in total. The number of hydrogen-bond acceptors (Lipinski definition) is 3. The zero-order chi connectivity index (χ0) is 22.5. The molecular weight excluding hydrogens is 406 g/mol. The molecule has 0 bridgehead atoms. The summed E-state index contributed by atoms with van der Waals surface area (Å²) in [6, 6.07) is 26.2. The van der Waals surface area contributed by atoms with Gasteiger partial charge < -0.3 is 4.57 Å². The van der Waals surface area contributed by atoms with Crippen molar-refractivity contribution >= 4 is 16.7 Å². The summed E-state index contributed by atoms with van der Waals surface area (Å²) < 4.78 is 2.13. The van der Waals surface area contributed by atoms with Gasteiger partial charge >= 0.3 is 0 Å². The van der Waals surface area contributed by atoms with Gasteiger partial charge in [0.1, 0.15) is 0 Å². The molecule has 1 aliphatic carbocycles. The predicted molar refractivity (Wildman–Crippen MR) is 134 cm³/mol. The van der Waals surface area contributed by atoms with Gasteiger partial charge in [-0.05, 0) is 35.2 Å². The highest BCUT2D eigenvalue weighted by Gasteiger charge is 2.34. The molecule has 0 saturated carbocycles. The Morgan fingerprint density at radius 1 is 0.818 bits per heavy atom. The van der Waals surface area contributed by atoms with E-state index >= 15 is 0 Å². The highest BCUT2D eigenvalue weighted by molar-refractivity contribution is 6.10. The summed E-state index contributed by atoms with van der Waals surface area (Å²) in [6.07, 6.45) is 0. The molecule has 4 aromatic rings. The van der Waals surface area contributed by atoms with Gasteiger partial charge in [-0.25, -0.2) is 0 Å². The van der Waals surface area contributed by atoms with Gasteiger partial charge in [-0.1, -0.05) is 66.7 Å². The first-order chi connectivity index (χ1) is 16.1. The van der Waals surface area contributed by atoms with Gasteiger partial charge in [0, 0.05) is 55.4 Å². The number of fused-ring (bicyclic) bond motifs is 4. The second-order valence-corrected chi connectivity index (χ2v) is 9.35. The molecule has 4 heteroatoms. The van der Waals surface area contributed by atoms with Crippen LogP contribution in [0.25, 0.3) is 22.0 Å².